The van der Waals surface area contributed by atoms with E-state index in [0.717, 1.165) is 11.3 Å². The highest BCUT2D eigenvalue weighted by molar-refractivity contribution is 7.18. The molecule has 190 valence electrons. The van der Waals surface area contributed by atoms with Gasteiger partial charge in [-0.2, -0.15) is 0 Å². The Kier molecular flexibility index (Phi) is 7.30. The molecule has 0 unspecified atom stereocenters. The number of benzene rings is 3. The summed E-state index contributed by atoms with van der Waals surface area (Å²) in [4.78, 5) is 31.8. The molecule has 1 aromatic heterocycles. The van der Waals surface area contributed by atoms with Gasteiger partial charge in [0.1, 0.15) is 34.4 Å². The first-order valence-electron chi connectivity index (χ1n) is 11.1. The molecule has 0 atom stereocenters. The number of hydrogen-bond donors (Lipinski definition) is 1. The van der Waals surface area contributed by atoms with Crippen LogP contribution in [0.5, 0.6) is 10.8 Å². The molecule has 1 heterocycles. The first-order chi connectivity index (χ1) is 17.5. The van der Waals surface area contributed by atoms with Gasteiger partial charge in [0, 0.05) is 18.2 Å². The highest BCUT2D eigenvalue weighted by Gasteiger charge is 2.36. The molecule has 0 aliphatic rings. The second-order valence-corrected chi connectivity index (χ2v) is 9.56. The van der Waals surface area contributed by atoms with Crippen LogP contribution < -0.4 is 10.1 Å². The van der Waals surface area contributed by atoms with E-state index in [1.54, 1.807) is 13.8 Å². The second-order valence-electron chi connectivity index (χ2n) is 8.60. The van der Waals surface area contributed by atoms with Crippen LogP contribution in [0.1, 0.15) is 24.2 Å². The van der Waals surface area contributed by atoms with Crippen LogP contribution in [0.3, 0.4) is 0 Å². The van der Waals surface area contributed by atoms with Crippen molar-refractivity contribution in [1.82, 2.24) is 9.88 Å². The van der Waals surface area contributed by atoms with Crippen molar-refractivity contribution >= 4 is 28.3 Å². The highest BCUT2D eigenvalue weighted by atomic mass is 32.1. The van der Waals surface area contributed by atoms with Crippen LogP contribution in [0.2, 0.25) is 0 Å². The van der Waals surface area contributed by atoms with Crippen molar-refractivity contribution in [1.29, 1.82) is 0 Å². The Hall–Kier alpha value is -4.18. The number of carbonyl (C=O) groups excluding carboxylic acids is 2. The molecule has 4 aromatic rings. The Morgan fingerprint density at radius 1 is 0.865 bits per heavy atom. The third-order valence-corrected chi connectivity index (χ3v) is 6.60. The Labute approximate surface area is 215 Å². The molecule has 1 N–H and O–H groups in total. The van der Waals surface area contributed by atoms with Crippen molar-refractivity contribution < 1.29 is 27.5 Å². The van der Waals surface area contributed by atoms with Crippen LogP contribution in [-0.4, -0.2) is 34.3 Å². The van der Waals surface area contributed by atoms with Crippen molar-refractivity contribution in [2.24, 2.45) is 0 Å². The number of amides is 2. The largest absolute Gasteiger partial charge is 0.444 e. The average molecular weight is 526 g/mol. The highest BCUT2D eigenvalue weighted by Crippen LogP contribution is 2.41. The lowest BCUT2D eigenvalue weighted by Crippen LogP contribution is -2.53. The van der Waals surface area contributed by atoms with Crippen molar-refractivity contribution in [2.75, 3.05) is 12.4 Å². The molecule has 10 heteroatoms. The second kappa shape index (κ2) is 10.4. The summed E-state index contributed by atoms with van der Waals surface area (Å²) in [6.07, 6.45) is 0. The average Bonchev–Trinajstić information content (AvgIpc) is 3.27. The standard InChI is InChI=1S/C27H22F3N3O3S/c1-27(2,33(3)23(34)17-6-10-19(29)11-7-17)25(35)32-26-31-22(16-4-8-18(28)9-5-16)24(37-26)36-21-14-12-20(30)13-15-21/h4-15H,1-3H3,(H,31,32,35). The molecule has 0 saturated carbocycles. The minimum atomic E-state index is -1.31. The number of thiazole rings is 1. The van der Waals surface area contributed by atoms with E-state index in [1.807, 2.05) is 0 Å². The summed E-state index contributed by atoms with van der Waals surface area (Å²) in [6, 6.07) is 16.0. The fourth-order valence-electron chi connectivity index (χ4n) is 3.27. The first kappa shape index (κ1) is 25.9. The van der Waals surface area contributed by atoms with E-state index in [-0.39, 0.29) is 10.7 Å². The summed E-state index contributed by atoms with van der Waals surface area (Å²) in [5.74, 6) is -1.98. The van der Waals surface area contributed by atoms with E-state index in [4.69, 9.17) is 4.74 Å². The van der Waals surface area contributed by atoms with E-state index in [0.29, 0.717) is 22.1 Å². The lowest BCUT2D eigenvalue weighted by atomic mass is 10.0. The minimum Gasteiger partial charge on any atom is -0.444 e. The first-order valence-corrected chi connectivity index (χ1v) is 11.9. The fourth-order valence-corrected chi connectivity index (χ4v) is 4.13. The summed E-state index contributed by atoms with van der Waals surface area (Å²) in [7, 11) is 1.47. The van der Waals surface area contributed by atoms with Gasteiger partial charge in [-0.3, -0.25) is 14.9 Å². The van der Waals surface area contributed by atoms with Gasteiger partial charge in [0.25, 0.3) is 11.8 Å². The van der Waals surface area contributed by atoms with Crippen molar-refractivity contribution in [3.63, 3.8) is 0 Å². The van der Waals surface area contributed by atoms with Gasteiger partial charge in [-0.05, 0) is 86.6 Å². The van der Waals surface area contributed by atoms with Crippen LogP contribution in [-0.2, 0) is 4.79 Å². The Balaban J connectivity index is 1.60. The van der Waals surface area contributed by atoms with Crippen LogP contribution in [0.25, 0.3) is 11.3 Å². The van der Waals surface area contributed by atoms with Crippen LogP contribution in [0.4, 0.5) is 18.3 Å². The number of nitrogens with zero attached hydrogens (tertiary/aromatic N) is 2. The van der Waals surface area contributed by atoms with Gasteiger partial charge in [-0.1, -0.05) is 11.3 Å². The fraction of sp³-hybridized carbons (Fsp3) is 0.148. The zero-order chi connectivity index (χ0) is 26.7. The maximum Gasteiger partial charge on any atom is 0.254 e. The third kappa shape index (κ3) is 5.80. The molecule has 0 spiro atoms. The molecule has 3 aromatic carbocycles. The summed E-state index contributed by atoms with van der Waals surface area (Å²) in [6.45, 7) is 3.13. The van der Waals surface area contributed by atoms with Crippen molar-refractivity contribution in [2.45, 2.75) is 19.4 Å². The smallest absolute Gasteiger partial charge is 0.254 e. The number of nitrogens with one attached hydrogen (secondary N) is 1. The van der Waals surface area contributed by atoms with Crippen LogP contribution in [0, 0.1) is 17.5 Å². The van der Waals surface area contributed by atoms with E-state index in [2.05, 4.69) is 10.3 Å². The predicted octanol–water partition coefficient (Wildman–Crippen LogP) is 6.51. The quantitative estimate of drug-likeness (QED) is 0.299. The summed E-state index contributed by atoms with van der Waals surface area (Å²) in [5.41, 5.74) is -0.200. The maximum atomic E-state index is 13.5. The van der Waals surface area contributed by atoms with E-state index < -0.39 is 34.8 Å². The maximum absolute atomic E-state index is 13.5. The van der Waals surface area contributed by atoms with Crippen LogP contribution in [0.15, 0.2) is 72.8 Å². The molecule has 0 radical (unpaired) electrons. The summed E-state index contributed by atoms with van der Waals surface area (Å²) in [5, 5.41) is 3.19. The summed E-state index contributed by atoms with van der Waals surface area (Å²) >= 11 is 1.02. The number of hydrogen-bond acceptors (Lipinski definition) is 5. The van der Waals surface area contributed by atoms with E-state index in [9.17, 15) is 22.8 Å². The minimum absolute atomic E-state index is 0.178. The zero-order valence-corrected chi connectivity index (χ0v) is 20.9. The van der Waals surface area contributed by atoms with Gasteiger partial charge in [0.05, 0.1) is 0 Å². The number of aromatic nitrogens is 1. The molecular formula is C27H22F3N3O3S. The Bertz CT molecular complexity index is 1420. The zero-order valence-electron chi connectivity index (χ0n) is 20.1. The molecule has 6 nitrogen and oxygen atoms in total. The van der Waals surface area contributed by atoms with E-state index >= 15 is 0 Å². The SMILES string of the molecule is CN(C(=O)c1ccc(F)cc1)C(C)(C)C(=O)Nc1nc(-c2ccc(F)cc2)c(Oc2ccc(F)cc2)s1. The normalized spacial score (nSPS) is 11.2. The van der Waals surface area contributed by atoms with Gasteiger partial charge < -0.3 is 9.64 Å². The number of likely N-dealkylation sites (N-methyl/N-ethyl adjacent to an activating group) is 1. The Morgan fingerprint density at radius 3 is 1.95 bits per heavy atom. The number of rotatable bonds is 7. The Morgan fingerprint density at radius 2 is 1.38 bits per heavy atom. The molecular weight excluding hydrogens is 503 g/mol. The van der Waals surface area contributed by atoms with Crippen molar-refractivity contribution in [3.05, 3.63) is 95.8 Å². The molecule has 0 aliphatic carbocycles. The van der Waals surface area contributed by atoms with Gasteiger partial charge in [-0.25, -0.2) is 18.2 Å². The van der Waals surface area contributed by atoms with Gasteiger partial charge in [0.2, 0.25) is 5.06 Å². The third-order valence-electron chi connectivity index (χ3n) is 5.75. The molecule has 0 fully saturated rings. The summed E-state index contributed by atoms with van der Waals surface area (Å²) < 4.78 is 46.0. The topological polar surface area (TPSA) is 71.5 Å². The van der Waals surface area contributed by atoms with E-state index in [1.165, 1.54) is 84.7 Å². The molecule has 37 heavy (non-hydrogen) atoms. The molecule has 0 aliphatic heterocycles. The number of halogens is 3. The predicted molar refractivity (Wildman–Crippen MR) is 135 cm³/mol. The van der Waals surface area contributed by atoms with Gasteiger partial charge in [0.15, 0.2) is 5.13 Å². The van der Waals surface area contributed by atoms with Crippen LogP contribution >= 0.6 is 11.3 Å². The molecule has 0 saturated heterocycles. The van der Waals surface area contributed by atoms with Gasteiger partial charge in [-0.15, -0.1) is 0 Å². The number of carbonyl (C=O) groups is 2. The lowest BCUT2D eigenvalue weighted by Gasteiger charge is -2.34. The molecule has 4 rings (SSSR count). The van der Waals surface area contributed by atoms with Crippen molar-refractivity contribution in [3.8, 4) is 22.1 Å². The number of ether oxygens (including phenoxy) is 1. The molecule has 2 amide bonds. The lowest BCUT2D eigenvalue weighted by molar-refractivity contribution is -0.124. The number of anilines is 1. The monoisotopic (exact) mass is 525 g/mol. The van der Waals surface area contributed by atoms with Gasteiger partial charge >= 0.3 is 0 Å². The molecule has 0 bridgehead atoms.